The van der Waals surface area contributed by atoms with E-state index in [1.54, 1.807) is 18.2 Å². The first kappa shape index (κ1) is 13.7. The Morgan fingerprint density at radius 2 is 1.75 bits per heavy atom. The third kappa shape index (κ3) is 3.00. The maximum Gasteiger partial charge on any atom is 0.311 e. The molecule has 104 valence electrons. The van der Waals surface area contributed by atoms with Gasteiger partial charge in [-0.05, 0) is 35.7 Å². The molecule has 0 amide bonds. The van der Waals surface area contributed by atoms with Gasteiger partial charge in [0.25, 0.3) is 5.75 Å². The molecule has 2 rings (SSSR count). The number of carboxylic acids is 1. The summed E-state index contributed by atoms with van der Waals surface area (Å²) >= 11 is 0. The average molecular weight is 275 g/mol. The van der Waals surface area contributed by atoms with Crippen LogP contribution in [0.5, 0.6) is 17.2 Å². The van der Waals surface area contributed by atoms with Gasteiger partial charge in [-0.25, -0.2) is 0 Å². The Bertz CT molecular complexity index is 619. The minimum atomic E-state index is -1.01. The molecular weight excluding hydrogens is 260 g/mol. The number of aromatic hydroxyl groups is 2. The Morgan fingerprint density at radius 1 is 1.10 bits per heavy atom. The Kier molecular flexibility index (Phi) is 3.79. The minimum absolute atomic E-state index is 0.0688. The first-order valence-corrected chi connectivity index (χ1v) is 6.02. The SMILES string of the molecule is O=C(O)[C@@H](Cc1ccc([OH2+])cc1O)c1ccc(O)cc1. The monoisotopic (exact) mass is 275 g/mol. The van der Waals surface area contributed by atoms with Gasteiger partial charge >= 0.3 is 5.97 Å². The fourth-order valence-corrected chi connectivity index (χ4v) is 2.01. The number of carbonyl (C=O) groups is 1. The Balaban J connectivity index is 2.30. The van der Waals surface area contributed by atoms with Crippen LogP contribution in [0.15, 0.2) is 42.5 Å². The van der Waals surface area contributed by atoms with Crippen LogP contribution in [-0.4, -0.2) is 26.4 Å². The molecule has 5 nitrogen and oxygen atoms in total. The van der Waals surface area contributed by atoms with E-state index in [-0.39, 0.29) is 23.7 Å². The van der Waals surface area contributed by atoms with Crippen molar-refractivity contribution >= 4 is 5.97 Å². The van der Waals surface area contributed by atoms with E-state index < -0.39 is 11.9 Å². The number of aliphatic carboxylic acids is 1. The van der Waals surface area contributed by atoms with Crippen LogP contribution >= 0.6 is 0 Å². The summed E-state index contributed by atoms with van der Waals surface area (Å²) in [5.74, 6) is -1.67. The van der Waals surface area contributed by atoms with Gasteiger partial charge in [-0.2, -0.15) is 0 Å². The highest BCUT2D eigenvalue weighted by molar-refractivity contribution is 5.76. The average Bonchev–Trinajstić information content (AvgIpc) is 2.39. The predicted octanol–water partition coefficient (Wildman–Crippen LogP) is 1.95. The van der Waals surface area contributed by atoms with Gasteiger partial charge < -0.3 is 20.4 Å². The van der Waals surface area contributed by atoms with Crippen molar-refractivity contribution < 1.29 is 25.2 Å². The normalized spacial score (nSPS) is 12.0. The van der Waals surface area contributed by atoms with E-state index in [9.17, 15) is 20.1 Å². The molecule has 0 heterocycles. The van der Waals surface area contributed by atoms with Crippen molar-refractivity contribution in [2.45, 2.75) is 12.3 Å². The molecule has 20 heavy (non-hydrogen) atoms. The molecule has 0 aliphatic carbocycles. The first-order valence-electron chi connectivity index (χ1n) is 6.02. The second kappa shape index (κ2) is 5.52. The van der Waals surface area contributed by atoms with Crippen molar-refractivity contribution in [3.63, 3.8) is 0 Å². The summed E-state index contributed by atoms with van der Waals surface area (Å²) in [6.07, 6.45) is 0.117. The maximum absolute atomic E-state index is 11.4. The van der Waals surface area contributed by atoms with E-state index in [0.29, 0.717) is 11.1 Å². The number of hydrogen-bond donors (Lipinski definition) is 3. The van der Waals surface area contributed by atoms with Crippen LogP contribution in [-0.2, 0) is 11.2 Å². The summed E-state index contributed by atoms with van der Waals surface area (Å²) in [5.41, 5.74) is 1.02. The van der Waals surface area contributed by atoms with Gasteiger partial charge in [-0.3, -0.25) is 4.79 Å². The smallest absolute Gasteiger partial charge is 0.311 e. The Labute approximate surface area is 115 Å². The van der Waals surface area contributed by atoms with Crippen LogP contribution in [0, 0.1) is 0 Å². The summed E-state index contributed by atoms with van der Waals surface area (Å²) in [6.45, 7) is 0. The van der Waals surface area contributed by atoms with E-state index in [0.717, 1.165) is 0 Å². The zero-order chi connectivity index (χ0) is 14.7. The number of phenols is 2. The molecule has 5 N–H and O–H groups in total. The molecule has 0 aromatic heterocycles. The van der Waals surface area contributed by atoms with Gasteiger partial charge in [0.05, 0.1) is 12.0 Å². The largest absolute Gasteiger partial charge is 0.593 e. The molecule has 0 aliphatic rings. The van der Waals surface area contributed by atoms with Crippen LogP contribution in [0.25, 0.3) is 0 Å². The van der Waals surface area contributed by atoms with Gasteiger partial charge in [-0.15, -0.1) is 0 Å². The van der Waals surface area contributed by atoms with Gasteiger partial charge in [0.15, 0.2) is 0 Å². The highest BCUT2D eigenvalue weighted by atomic mass is 16.4. The second-order valence-electron chi connectivity index (χ2n) is 4.53. The molecule has 1 atom stereocenters. The molecule has 0 spiro atoms. The van der Waals surface area contributed by atoms with Crippen molar-refractivity contribution in [3.05, 3.63) is 53.6 Å². The van der Waals surface area contributed by atoms with Crippen molar-refractivity contribution in [1.82, 2.24) is 0 Å². The topological polar surface area (TPSA) is 101 Å². The molecular formula is C15H15O5+. The molecule has 5 heteroatoms. The minimum Gasteiger partial charge on any atom is -0.593 e. The number of rotatable bonds is 4. The van der Waals surface area contributed by atoms with E-state index in [4.69, 9.17) is 5.11 Å². The number of hydrogen-bond acceptors (Lipinski definition) is 3. The number of benzene rings is 2. The van der Waals surface area contributed by atoms with E-state index in [2.05, 4.69) is 0 Å². The van der Waals surface area contributed by atoms with Gasteiger partial charge in [0, 0.05) is 6.07 Å². The van der Waals surface area contributed by atoms with Gasteiger partial charge in [0.1, 0.15) is 11.5 Å². The van der Waals surface area contributed by atoms with Crippen molar-refractivity contribution in [3.8, 4) is 17.2 Å². The lowest BCUT2D eigenvalue weighted by Gasteiger charge is -2.13. The zero-order valence-corrected chi connectivity index (χ0v) is 10.6. The third-order valence-corrected chi connectivity index (χ3v) is 3.10. The standard InChI is InChI=1S/C15H14O5/c16-11-4-1-9(2-5-11)13(15(19)20)7-10-3-6-12(17)8-14(10)18/h1-6,8,13,16-18H,7H2,(H,19,20)/p+1/t13-/m0/s1. The van der Waals surface area contributed by atoms with E-state index in [1.807, 2.05) is 0 Å². The second-order valence-corrected chi connectivity index (χ2v) is 4.53. The molecule has 2 aromatic carbocycles. The summed E-state index contributed by atoms with van der Waals surface area (Å²) < 4.78 is 0. The summed E-state index contributed by atoms with van der Waals surface area (Å²) in [5, 5.41) is 35.7. The van der Waals surface area contributed by atoms with Crippen LogP contribution in [0.1, 0.15) is 17.0 Å². The molecule has 0 saturated heterocycles. The predicted molar refractivity (Wildman–Crippen MR) is 73.4 cm³/mol. The van der Waals surface area contributed by atoms with Crippen molar-refractivity contribution in [2.24, 2.45) is 0 Å². The van der Waals surface area contributed by atoms with Crippen LogP contribution < -0.4 is 0 Å². The van der Waals surface area contributed by atoms with Gasteiger partial charge in [-0.1, -0.05) is 12.1 Å². The number of phenolic OH excluding ortho intramolecular Hbond substituents is 2. The highest BCUT2D eigenvalue weighted by Crippen LogP contribution is 2.29. The van der Waals surface area contributed by atoms with Crippen LogP contribution in [0.4, 0.5) is 0 Å². The fourth-order valence-electron chi connectivity index (χ4n) is 2.01. The van der Waals surface area contributed by atoms with E-state index >= 15 is 0 Å². The lowest BCUT2D eigenvalue weighted by atomic mass is 9.91. The van der Waals surface area contributed by atoms with Crippen molar-refractivity contribution in [2.75, 3.05) is 0 Å². The summed E-state index contributed by atoms with van der Waals surface area (Å²) in [4.78, 5) is 11.4. The quantitative estimate of drug-likeness (QED) is 0.742. The zero-order valence-electron chi connectivity index (χ0n) is 10.6. The first-order chi connectivity index (χ1) is 9.47. The van der Waals surface area contributed by atoms with Gasteiger partial charge in [0.2, 0.25) is 0 Å². The lowest BCUT2D eigenvalue weighted by molar-refractivity contribution is -0.138. The molecule has 0 aliphatic heterocycles. The molecule has 0 bridgehead atoms. The lowest BCUT2D eigenvalue weighted by Crippen LogP contribution is -2.14. The summed E-state index contributed by atoms with van der Waals surface area (Å²) in [6, 6.07) is 10.3. The van der Waals surface area contributed by atoms with Crippen molar-refractivity contribution in [1.29, 1.82) is 0 Å². The molecule has 0 saturated carbocycles. The molecule has 0 fully saturated rings. The number of carboxylic acid groups (broad SMARTS) is 1. The third-order valence-electron chi connectivity index (χ3n) is 3.10. The van der Waals surface area contributed by atoms with E-state index in [1.165, 1.54) is 24.3 Å². The summed E-state index contributed by atoms with van der Waals surface area (Å²) in [7, 11) is 0. The molecule has 2 aromatic rings. The van der Waals surface area contributed by atoms with Crippen LogP contribution in [0.3, 0.4) is 0 Å². The molecule has 0 unspecified atom stereocenters. The Morgan fingerprint density at radius 3 is 2.30 bits per heavy atom. The highest BCUT2D eigenvalue weighted by Gasteiger charge is 2.22. The molecule has 0 radical (unpaired) electrons. The maximum atomic E-state index is 11.4. The Hall–Kier alpha value is -2.69. The van der Waals surface area contributed by atoms with Crippen LogP contribution in [0.2, 0.25) is 0 Å². The fraction of sp³-hybridized carbons (Fsp3) is 0.133.